The van der Waals surface area contributed by atoms with E-state index in [1.54, 1.807) is 0 Å². The summed E-state index contributed by atoms with van der Waals surface area (Å²) in [6.07, 6.45) is 0. The van der Waals surface area contributed by atoms with Crippen molar-refractivity contribution in [2.75, 3.05) is 0 Å². The highest BCUT2D eigenvalue weighted by Crippen LogP contribution is 2.14. The summed E-state index contributed by atoms with van der Waals surface area (Å²) in [4.78, 5) is 11.1. The summed E-state index contributed by atoms with van der Waals surface area (Å²) in [6, 6.07) is 15.8. The molecule has 2 aromatic rings. The Hall–Kier alpha value is -2.57. The van der Waals surface area contributed by atoms with Gasteiger partial charge in [-0.15, -0.1) is 0 Å². The van der Waals surface area contributed by atoms with Crippen LogP contribution in [0.1, 0.15) is 48.9 Å². The molecule has 2 aromatic carbocycles. The molecular weight excluding hydrogens is 286 g/mol. The molecule has 0 bridgehead atoms. The van der Waals surface area contributed by atoms with E-state index >= 15 is 0 Å². The van der Waals surface area contributed by atoms with Crippen LogP contribution in [0, 0.1) is 11.8 Å². The van der Waals surface area contributed by atoms with E-state index < -0.39 is 0 Å². The van der Waals surface area contributed by atoms with Crippen LogP contribution < -0.4 is 0 Å². The number of hydroxylamine groups is 2. The number of amides is 1. The van der Waals surface area contributed by atoms with Crippen LogP contribution in [0.4, 0.5) is 0 Å². The van der Waals surface area contributed by atoms with E-state index in [2.05, 4.69) is 37.8 Å². The van der Waals surface area contributed by atoms with Gasteiger partial charge in [0.2, 0.25) is 5.91 Å². The molecule has 0 heterocycles. The molecule has 2 rings (SSSR count). The van der Waals surface area contributed by atoms with Gasteiger partial charge in [-0.1, -0.05) is 50.0 Å². The predicted octanol–water partition coefficient (Wildman–Crippen LogP) is 3.95. The first-order valence-electron chi connectivity index (χ1n) is 7.63. The smallest absolute Gasteiger partial charge is 0.243 e. The van der Waals surface area contributed by atoms with Crippen molar-refractivity contribution in [1.82, 2.24) is 5.06 Å². The topological polar surface area (TPSA) is 40.5 Å². The van der Waals surface area contributed by atoms with Crippen molar-refractivity contribution in [1.29, 1.82) is 0 Å². The summed E-state index contributed by atoms with van der Waals surface area (Å²) >= 11 is 0. The maximum Gasteiger partial charge on any atom is 0.243 e. The van der Waals surface area contributed by atoms with Gasteiger partial charge >= 0.3 is 0 Å². The Morgan fingerprint density at radius 3 is 2.35 bits per heavy atom. The predicted molar refractivity (Wildman–Crippen MR) is 91.0 cm³/mol. The van der Waals surface area contributed by atoms with Crippen LogP contribution in [0.25, 0.3) is 0 Å². The quantitative estimate of drug-likeness (QED) is 0.530. The molecule has 0 radical (unpaired) electrons. The second-order valence-corrected chi connectivity index (χ2v) is 5.80. The van der Waals surface area contributed by atoms with Gasteiger partial charge in [-0.3, -0.25) is 10.0 Å². The largest absolute Gasteiger partial charge is 0.286 e. The van der Waals surface area contributed by atoms with Crippen molar-refractivity contribution < 1.29 is 10.0 Å². The molecule has 0 atom stereocenters. The number of rotatable bonds is 3. The Morgan fingerprint density at radius 1 is 1.09 bits per heavy atom. The van der Waals surface area contributed by atoms with E-state index in [9.17, 15) is 10.0 Å². The van der Waals surface area contributed by atoms with Crippen molar-refractivity contribution in [2.45, 2.75) is 33.2 Å². The van der Waals surface area contributed by atoms with Crippen LogP contribution in [0.2, 0.25) is 0 Å². The summed E-state index contributed by atoms with van der Waals surface area (Å²) in [5.41, 5.74) is 3.95. The van der Waals surface area contributed by atoms with Crippen molar-refractivity contribution >= 4 is 5.91 Å². The Balaban J connectivity index is 2.13. The molecule has 1 amide bonds. The summed E-state index contributed by atoms with van der Waals surface area (Å²) in [5.74, 6) is 6.38. The maximum atomic E-state index is 11.1. The molecule has 3 heteroatoms. The molecule has 0 spiro atoms. The van der Waals surface area contributed by atoms with E-state index in [0.717, 1.165) is 16.7 Å². The number of carbonyl (C=O) groups is 1. The van der Waals surface area contributed by atoms with Gasteiger partial charge in [0.1, 0.15) is 0 Å². The van der Waals surface area contributed by atoms with Gasteiger partial charge in [0.15, 0.2) is 0 Å². The number of benzene rings is 2. The normalized spacial score (nSPS) is 10.1. The fraction of sp³-hybridized carbons (Fsp3) is 0.250. The molecule has 0 aliphatic heterocycles. The van der Waals surface area contributed by atoms with Crippen LogP contribution in [-0.4, -0.2) is 16.2 Å². The average Bonchev–Trinajstić information content (AvgIpc) is 2.53. The van der Waals surface area contributed by atoms with Gasteiger partial charge in [0, 0.05) is 18.1 Å². The SMILES string of the molecule is CC(=O)N(O)Cc1cccc(C#Cc2ccc(C(C)C)cc2)c1. The fourth-order valence-corrected chi connectivity index (χ4v) is 2.13. The lowest BCUT2D eigenvalue weighted by atomic mass is 10.0. The van der Waals surface area contributed by atoms with E-state index in [4.69, 9.17) is 0 Å². The number of hydrogen-bond donors (Lipinski definition) is 1. The average molecular weight is 307 g/mol. The molecule has 0 aromatic heterocycles. The highest BCUT2D eigenvalue weighted by Gasteiger charge is 2.05. The molecule has 118 valence electrons. The van der Waals surface area contributed by atoms with E-state index in [0.29, 0.717) is 11.0 Å². The minimum atomic E-state index is -0.383. The fourth-order valence-electron chi connectivity index (χ4n) is 2.13. The number of hydrogen-bond acceptors (Lipinski definition) is 2. The lowest BCUT2D eigenvalue weighted by molar-refractivity contribution is -0.165. The standard InChI is InChI=1S/C20H21NO2/c1-15(2)20-11-9-17(10-12-20)7-8-18-5-4-6-19(13-18)14-21(23)16(3)22/h4-6,9-13,15,23H,14H2,1-3H3. The summed E-state index contributed by atoms with van der Waals surface area (Å²) in [7, 11) is 0. The van der Waals surface area contributed by atoms with E-state index in [1.807, 2.05) is 36.4 Å². The van der Waals surface area contributed by atoms with Gasteiger partial charge in [0.25, 0.3) is 0 Å². The van der Waals surface area contributed by atoms with Crippen molar-refractivity contribution in [2.24, 2.45) is 0 Å². The van der Waals surface area contributed by atoms with Crippen LogP contribution in [-0.2, 0) is 11.3 Å². The van der Waals surface area contributed by atoms with Gasteiger partial charge in [-0.2, -0.15) is 0 Å². The Labute approximate surface area is 137 Å². The Bertz CT molecular complexity index is 736. The van der Waals surface area contributed by atoms with E-state index in [1.165, 1.54) is 12.5 Å². The monoisotopic (exact) mass is 307 g/mol. The first-order valence-corrected chi connectivity index (χ1v) is 7.63. The summed E-state index contributed by atoms with van der Waals surface area (Å²) < 4.78 is 0. The molecule has 23 heavy (non-hydrogen) atoms. The second kappa shape index (κ2) is 7.62. The third kappa shape index (κ3) is 4.98. The Kier molecular flexibility index (Phi) is 5.56. The molecule has 0 fully saturated rings. The van der Waals surface area contributed by atoms with Crippen LogP contribution in [0.5, 0.6) is 0 Å². The lowest BCUT2D eigenvalue weighted by Gasteiger charge is -2.12. The molecule has 0 aliphatic rings. The van der Waals surface area contributed by atoms with Crippen LogP contribution >= 0.6 is 0 Å². The maximum absolute atomic E-state index is 11.1. The molecule has 3 nitrogen and oxygen atoms in total. The third-order valence-corrected chi connectivity index (χ3v) is 3.55. The van der Waals surface area contributed by atoms with Gasteiger partial charge in [0.05, 0.1) is 6.54 Å². The highest BCUT2D eigenvalue weighted by atomic mass is 16.5. The minimum Gasteiger partial charge on any atom is -0.286 e. The van der Waals surface area contributed by atoms with Gasteiger partial charge < -0.3 is 0 Å². The Morgan fingerprint density at radius 2 is 1.74 bits per heavy atom. The molecule has 0 aliphatic carbocycles. The number of carbonyl (C=O) groups excluding carboxylic acids is 1. The molecular formula is C20H21NO2. The zero-order chi connectivity index (χ0) is 16.8. The molecule has 0 saturated heterocycles. The number of nitrogens with zero attached hydrogens (tertiary/aromatic N) is 1. The van der Waals surface area contributed by atoms with Crippen LogP contribution in [0.3, 0.4) is 0 Å². The van der Waals surface area contributed by atoms with E-state index in [-0.39, 0.29) is 12.5 Å². The highest BCUT2D eigenvalue weighted by molar-refractivity contribution is 5.71. The summed E-state index contributed by atoms with van der Waals surface area (Å²) in [5, 5.41) is 10.2. The summed E-state index contributed by atoms with van der Waals surface area (Å²) in [6.45, 7) is 5.81. The third-order valence-electron chi connectivity index (χ3n) is 3.55. The van der Waals surface area contributed by atoms with Crippen molar-refractivity contribution in [3.63, 3.8) is 0 Å². The van der Waals surface area contributed by atoms with Gasteiger partial charge in [-0.05, 0) is 41.3 Å². The first-order chi connectivity index (χ1) is 11.0. The molecule has 1 N–H and O–H groups in total. The zero-order valence-electron chi connectivity index (χ0n) is 13.7. The first kappa shape index (κ1) is 16.8. The van der Waals surface area contributed by atoms with Crippen molar-refractivity contribution in [3.05, 3.63) is 70.8 Å². The van der Waals surface area contributed by atoms with Gasteiger partial charge in [-0.25, -0.2) is 5.06 Å². The second-order valence-electron chi connectivity index (χ2n) is 5.80. The molecule has 0 unspecified atom stereocenters. The molecule has 0 saturated carbocycles. The lowest BCUT2D eigenvalue weighted by Crippen LogP contribution is -2.23. The van der Waals surface area contributed by atoms with Crippen LogP contribution in [0.15, 0.2) is 48.5 Å². The zero-order valence-corrected chi connectivity index (χ0v) is 13.7. The minimum absolute atomic E-state index is 0.161. The van der Waals surface area contributed by atoms with Crippen molar-refractivity contribution in [3.8, 4) is 11.8 Å².